The van der Waals surface area contributed by atoms with Gasteiger partial charge in [0, 0.05) is 18.7 Å². The molecule has 1 saturated heterocycles. The molecule has 3 atom stereocenters. The molecule has 1 aliphatic heterocycles. The number of hydrogen-bond acceptors (Lipinski definition) is 11. The first-order valence-corrected chi connectivity index (χ1v) is 13.8. The Labute approximate surface area is 248 Å². The van der Waals surface area contributed by atoms with E-state index in [0.29, 0.717) is 57.2 Å². The maximum atomic E-state index is 13.2. The number of ether oxygens (including phenoxy) is 2. The van der Waals surface area contributed by atoms with E-state index in [0.717, 1.165) is 5.56 Å². The molecule has 0 saturated carbocycles. The van der Waals surface area contributed by atoms with E-state index >= 15 is 0 Å². The summed E-state index contributed by atoms with van der Waals surface area (Å²) >= 11 is 0. The van der Waals surface area contributed by atoms with E-state index in [1.807, 2.05) is 30.3 Å². The third kappa shape index (κ3) is 15.3. The molecule has 1 aromatic rings. The van der Waals surface area contributed by atoms with E-state index in [1.54, 1.807) is 13.8 Å². The zero-order chi connectivity index (χ0) is 32.2. The summed E-state index contributed by atoms with van der Waals surface area (Å²) in [4.78, 5) is 73.2. The lowest BCUT2D eigenvalue weighted by Crippen LogP contribution is -2.53. The molecule has 1 fully saturated rings. The number of unbranched alkanes of at least 4 members (excludes halogenated alkanes) is 1. The Kier molecular flexibility index (Phi) is 17.3. The molecule has 0 spiro atoms. The van der Waals surface area contributed by atoms with Gasteiger partial charge in [-0.3, -0.25) is 14.9 Å². The van der Waals surface area contributed by atoms with Gasteiger partial charge in [-0.1, -0.05) is 30.3 Å². The summed E-state index contributed by atoms with van der Waals surface area (Å²) in [6, 6.07) is 7.69. The van der Waals surface area contributed by atoms with E-state index in [4.69, 9.17) is 19.7 Å². The predicted molar refractivity (Wildman–Crippen MR) is 150 cm³/mol. The Bertz CT molecular complexity index is 1080. The number of carbonyl (C=O) groups is 5. The summed E-state index contributed by atoms with van der Waals surface area (Å²) in [7, 11) is 0. The van der Waals surface area contributed by atoms with Crippen molar-refractivity contribution in [2.75, 3.05) is 26.4 Å². The third-order valence-corrected chi connectivity index (χ3v) is 6.11. The highest BCUT2D eigenvalue weighted by molar-refractivity contribution is 5.90. The predicted octanol–water partition coefficient (Wildman–Crippen LogP) is 1.76. The second kappa shape index (κ2) is 20.4. The number of nitrogens with zero attached hydrogens (tertiary/aromatic N) is 2. The van der Waals surface area contributed by atoms with Crippen molar-refractivity contribution < 1.29 is 53.6 Å². The minimum absolute atomic E-state index is 0.0618. The fraction of sp³-hybridized carbons (Fsp3) is 0.536. The molecule has 0 aliphatic carbocycles. The molecule has 0 unspecified atom stereocenters. The molecule has 3 N–H and O–H groups in total. The van der Waals surface area contributed by atoms with Crippen molar-refractivity contribution in [3.8, 4) is 0 Å². The monoisotopic (exact) mass is 609 g/mol. The second-order valence-electron chi connectivity index (χ2n) is 9.35. The van der Waals surface area contributed by atoms with Gasteiger partial charge in [0.25, 0.3) is 5.09 Å². The Balaban J connectivity index is 0.00000101. The largest absolute Gasteiger partial charge is 0.478 e. The van der Waals surface area contributed by atoms with E-state index in [9.17, 15) is 34.1 Å². The van der Waals surface area contributed by atoms with Crippen LogP contribution in [-0.2, 0) is 44.7 Å². The van der Waals surface area contributed by atoms with Gasteiger partial charge in [-0.25, -0.2) is 14.4 Å². The molecule has 1 aliphatic rings. The van der Waals surface area contributed by atoms with E-state index in [1.165, 1.54) is 4.90 Å². The maximum Gasteiger partial charge on any atom is 0.328 e. The fourth-order valence-electron chi connectivity index (χ4n) is 4.12. The Morgan fingerprint density at radius 1 is 1.07 bits per heavy atom. The molecule has 1 heterocycles. The lowest BCUT2D eigenvalue weighted by atomic mass is 10.0. The molecule has 15 nitrogen and oxygen atoms in total. The number of likely N-dealkylation sites (tertiary alicyclic amines) is 1. The summed E-state index contributed by atoms with van der Waals surface area (Å²) in [6.07, 6.45) is 4.18. The lowest BCUT2D eigenvalue weighted by Gasteiger charge is -2.28. The summed E-state index contributed by atoms with van der Waals surface area (Å²) in [5.74, 6) is -3.71. The van der Waals surface area contributed by atoms with Crippen LogP contribution in [0.5, 0.6) is 0 Å². The van der Waals surface area contributed by atoms with Crippen LogP contribution < -0.4 is 5.32 Å². The topological polar surface area (TPSA) is 212 Å². The molecule has 15 heteroatoms. The van der Waals surface area contributed by atoms with Gasteiger partial charge in [0.1, 0.15) is 12.1 Å². The van der Waals surface area contributed by atoms with Crippen molar-refractivity contribution in [1.82, 2.24) is 10.2 Å². The summed E-state index contributed by atoms with van der Waals surface area (Å²) in [5.41, 5.74) is 1.08. The average molecular weight is 610 g/mol. The molecule has 2 rings (SSSR count). The number of carbonyl (C=O) groups excluding carboxylic acids is 3. The summed E-state index contributed by atoms with van der Waals surface area (Å²) in [5, 5.41) is 28.0. The Morgan fingerprint density at radius 2 is 1.70 bits per heavy atom. The van der Waals surface area contributed by atoms with Crippen LogP contribution >= 0.6 is 0 Å². The summed E-state index contributed by atoms with van der Waals surface area (Å²) in [6.45, 7) is 4.10. The first kappa shape index (κ1) is 36.5. The zero-order valence-electron chi connectivity index (χ0n) is 24.2. The van der Waals surface area contributed by atoms with Crippen LogP contribution in [0.4, 0.5) is 0 Å². The van der Waals surface area contributed by atoms with Crippen molar-refractivity contribution >= 4 is 29.8 Å². The molecule has 0 aromatic heterocycles. The number of carboxylic acids is 2. The number of amides is 1. The van der Waals surface area contributed by atoms with Gasteiger partial charge >= 0.3 is 23.9 Å². The highest BCUT2D eigenvalue weighted by Gasteiger charge is 2.38. The van der Waals surface area contributed by atoms with Crippen LogP contribution in [0.25, 0.3) is 0 Å². The van der Waals surface area contributed by atoms with Crippen LogP contribution in [0.1, 0.15) is 51.5 Å². The van der Waals surface area contributed by atoms with E-state index in [2.05, 4.69) is 10.2 Å². The van der Waals surface area contributed by atoms with Gasteiger partial charge in [0.05, 0.1) is 25.9 Å². The lowest BCUT2D eigenvalue weighted by molar-refractivity contribution is -0.757. The van der Waals surface area contributed by atoms with Crippen molar-refractivity contribution in [1.29, 1.82) is 0 Å². The molecular weight excluding hydrogens is 570 g/mol. The number of carboxylic acid groups (broad SMARTS) is 2. The highest BCUT2D eigenvalue weighted by Crippen LogP contribution is 2.20. The number of aryl methyl sites for hydroxylation is 1. The first-order valence-electron chi connectivity index (χ1n) is 13.8. The van der Waals surface area contributed by atoms with Crippen LogP contribution in [0, 0.1) is 10.1 Å². The van der Waals surface area contributed by atoms with Gasteiger partial charge in [0.15, 0.2) is 0 Å². The first-order chi connectivity index (χ1) is 20.5. The van der Waals surface area contributed by atoms with E-state index < -0.39 is 47.1 Å². The molecule has 1 aromatic carbocycles. The molecule has 1 amide bonds. The highest BCUT2D eigenvalue weighted by atomic mass is 16.9. The van der Waals surface area contributed by atoms with Gasteiger partial charge in [-0.05, 0) is 57.9 Å². The van der Waals surface area contributed by atoms with Crippen LogP contribution in [0.2, 0.25) is 0 Å². The standard InChI is InChI=1S/C24H35N3O8.C4H4O4/c1-3-33-23(29)20(14-13-19-10-5-4-6-11-19)25-18(2)22(28)26-15-9-12-21(26)24(30)34-16-7-8-17-35-27(31)32;5-3(6)1-2-4(7)8/h4-6,10-11,18,20-21,25H,3,7-9,12-17H2,1-2H3;1-2H,(H,5,6)(H,7,8)/t18-,20-,21-;/m0./s1. The number of aliphatic carboxylic acids is 2. The van der Waals surface area contributed by atoms with Gasteiger partial charge in [-0.2, -0.15) is 0 Å². The fourth-order valence-corrected chi connectivity index (χ4v) is 4.12. The molecule has 0 radical (unpaired) electrons. The SMILES string of the molecule is CCOC(=O)[C@H](CCc1ccccc1)N[C@@H](C)C(=O)N1CCC[C@H]1C(=O)OCCCCO[N+](=O)[O-].O=C(O)C=CC(=O)O. The Hall–Kier alpha value is -4.53. The third-order valence-electron chi connectivity index (χ3n) is 6.11. The number of benzene rings is 1. The molecule has 238 valence electrons. The normalized spacial score (nSPS) is 15.5. The summed E-state index contributed by atoms with van der Waals surface area (Å²) < 4.78 is 10.5. The number of nitrogens with one attached hydrogen (secondary N) is 1. The van der Waals surface area contributed by atoms with Crippen LogP contribution in [0.15, 0.2) is 42.5 Å². The maximum absolute atomic E-state index is 13.2. The van der Waals surface area contributed by atoms with Crippen molar-refractivity contribution in [2.24, 2.45) is 0 Å². The quantitative estimate of drug-likeness (QED) is 0.0756. The smallest absolute Gasteiger partial charge is 0.328 e. The molecular formula is C28H39N3O12. The zero-order valence-corrected chi connectivity index (χ0v) is 24.2. The second-order valence-corrected chi connectivity index (χ2v) is 9.35. The van der Waals surface area contributed by atoms with Crippen molar-refractivity contribution in [3.05, 3.63) is 58.2 Å². The number of esters is 2. The van der Waals surface area contributed by atoms with Gasteiger partial charge in [-0.15, -0.1) is 10.1 Å². The number of hydrogen-bond donors (Lipinski definition) is 3. The minimum atomic E-state index is -1.26. The molecule has 43 heavy (non-hydrogen) atoms. The average Bonchev–Trinajstić information content (AvgIpc) is 3.46. The minimum Gasteiger partial charge on any atom is -0.478 e. The number of rotatable bonds is 17. The van der Waals surface area contributed by atoms with Crippen LogP contribution in [-0.4, -0.2) is 94.5 Å². The van der Waals surface area contributed by atoms with Crippen molar-refractivity contribution in [2.45, 2.75) is 70.5 Å². The van der Waals surface area contributed by atoms with Gasteiger partial charge < -0.3 is 29.4 Å². The Morgan fingerprint density at radius 3 is 2.28 bits per heavy atom. The van der Waals surface area contributed by atoms with Crippen molar-refractivity contribution in [3.63, 3.8) is 0 Å². The van der Waals surface area contributed by atoms with Crippen LogP contribution in [0.3, 0.4) is 0 Å². The van der Waals surface area contributed by atoms with E-state index in [-0.39, 0.29) is 25.7 Å². The molecule has 0 bridgehead atoms. The van der Waals surface area contributed by atoms with Gasteiger partial charge in [0.2, 0.25) is 5.91 Å².